The van der Waals surface area contributed by atoms with E-state index < -0.39 is 0 Å². The van der Waals surface area contributed by atoms with E-state index in [4.69, 9.17) is 16.0 Å². The number of carbonyl (C=O) groups excluding carboxylic acids is 2. The Hall–Kier alpha value is -2.33. The number of halogens is 1. The number of ketones is 2. The number of aliphatic hydroxyl groups is 1. The van der Waals surface area contributed by atoms with Crippen LogP contribution in [0.4, 0.5) is 0 Å². The molecule has 0 aliphatic heterocycles. The number of carbonyl (C=O) groups is 2. The quantitative estimate of drug-likeness (QED) is 0.486. The minimum Gasteiger partial charge on any atom is -0.512 e. The third-order valence-corrected chi connectivity index (χ3v) is 3.76. The summed E-state index contributed by atoms with van der Waals surface area (Å²) in [5.74, 6) is -0.0819. The number of furan rings is 1. The van der Waals surface area contributed by atoms with Crippen molar-refractivity contribution in [2.45, 2.75) is 27.7 Å². The fourth-order valence-electron chi connectivity index (χ4n) is 2.62. The minimum atomic E-state index is -0.343. The zero-order valence-corrected chi connectivity index (χ0v) is 14.1. The number of rotatable bonds is 4. The molecular weight excluding hydrogens is 316 g/mol. The first-order valence-electron chi connectivity index (χ1n) is 7.05. The van der Waals surface area contributed by atoms with Gasteiger partial charge >= 0.3 is 0 Å². The highest BCUT2D eigenvalue weighted by Crippen LogP contribution is 2.38. The van der Waals surface area contributed by atoms with Gasteiger partial charge in [0, 0.05) is 10.6 Å². The van der Waals surface area contributed by atoms with Gasteiger partial charge in [0.05, 0.1) is 11.1 Å². The lowest BCUT2D eigenvalue weighted by molar-refractivity contribution is -0.112. The van der Waals surface area contributed by atoms with E-state index in [2.05, 4.69) is 0 Å². The van der Waals surface area contributed by atoms with Crippen molar-refractivity contribution in [2.24, 2.45) is 0 Å². The van der Waals surface area contributed by atoms with Crippen LogP contribution in [0.3, 0.4) is 0 Å². The Labute approximate surface area is 139 Å². The molecule has 120 valence electrons. The van der Waals surface area contributed by atoms with Crippen LogP contribution in [-0.2, 0) is 4.79 Å². The van der Waals surface area contributed by atoms with Gasteiger partial charge in [0.2, 0.25) is 0 Å². The van der Waals surface area contributed by atoms with Crippen molar-refractivity contribution in [3.05, 3.63) is 52.1 Å². The molecule has 1 aromatic carbocycles. The predicted molar refractivity (Wildman–Crippen MR) is 89.8 cm³/mol. The molecule has 2 aromatic rings. The van der Waals surface area contributed by atoms with Crippen molar-refractivity contribution in [1.82, 2.24) is 0 Å². The second-order valence-corrected chi connectivity index (χ2v) is 5.75. The monoisotopic (exact) mass is 332 g/mol. The zero-order chi connectivity index (χ0) is 17.3. The summed E-state index contributed by atoms with van der Waals surface area (Å²) in [5.41, 5.74) is 1.63. The van der Waals surface area contributed by atoms with Gasteiger partial charge in [-0.2, -0.15) is 0 Å². The molecule has 5 heteroatoms. The van der Waals surface area contributed by atoms with Gasteiger partial charge in [-0.1, -0.05) is 23.7 Å². The Kier molecular flexibility index (Phi) is 4.76. The van der Waals surface area contributed by atoms with Gasteiger partial charge in [0.25, 0.3) is 0 Å². The first-order chi connectivity index (χ1) is 10.7. The zero-order valence-electron chi connectivity index (χ0n) is 13.4. The summed E-state index contributed by atoms with van der Waals surface area (Å²) in [4.78, 5) is 24.0. The maximum Gasteiger partial charge on any atom is 0.166 e. The number of aryl methyl sites for hydroxylation is 1. The number of hydrogen-bond donors (Lipinski definition) is 1. The van der Waals surface area contributed by atoms with Gasteiger partial charge in [-0.05, 0) is 45.4 Å². The van der Waals surface area contributed by atoms with Crippen LogP contribution < -0.4 is 0 Å². The van der Waals surface area contributed by atoms with Crippen LogP contribution in [0.25, 0.3) is 16.7 Å². The van der Waals surface area contributed by atoms with Crippen LogP contribution in [0.5, 0.6) is 0 Å². The van der Waals surface area contributed by atoms with Crippen molar-refractivity contribution in [3.8, 4) is 11.1 Å². The predicted octanol–water partition coefficient (Wildman–Crippen LogP) is 4.99. The molecule has 23 heavy (non-hydrogen) atoms. The summed E-state index contributed by atoms with van der Waals surface area (Å²) in [5, 5.41) is 10.4. The highest BCUT2D eigenvalue weighted by atomic mass is 35.5. The third kappa shape index (κ3) is 3.22. The fraction of sp³-hybridized carbons (Fsp3) is 0.222. The lowest BCUT2D eigenvalue weighted by Gasteiger charge is -2.08. The molecule has 1 aromatic heterocycles. The Balaban J connectivity index is 2.87. The van der Waals surface area contributed by atoms with Crippen molar-refractivity contribution < 1.29 is 19.1 Å². The molecule has 2 rings (SSSR count). The molecule has 0 unspecified atom stereocenters. The number of aliphatic hydroxyl groups excluding tert-OH is 1. The third-order valence-electron chi connectivity index (χ3n) is 3.51. The van der Waals surface area contributed by atoms with Gasteiger partial charge in [0.1, 0.15) is 17.3 Å². The van der Waals surface area contributed by atoms with Gasteiger partial charge in [-0.15, -0.1) is 0 Å². The van der Waals surface area contributed by atoms with Crippen LogP contribution >= 0.6 is 11.6 Å². The van der Waals surface area contributed by atoms with Gasteiger partial charge in [-0.3, -0.25) is 9.59 Å². The van der Waals surface area contributed by atoms with Gasteiger partial charge < -0.3 is 9.52 Å². The molecular formula is C18H17ClO4. The molecule has 0 saturated heterocycles. The van der Waals surface area contributed by atoms with Crippen molar-refractivity contribution in [1.29, 1.82) is 0 Å². The van der Waals surface area contributed by atoms with E-state index >= 15 is 0 Å². The topological polar surface area (TPSA) is 67.5 Å². The summed E-state index contributed by atoms with van der Waals surface area (Å²) < 4.78 is 5.68. The molecule has 0 fully saturated rings. The van der Waals surface area contributed by atoms with E-state index in [1.54, 1.807) is 31.2 Å². The Morgan fingerprint density at radius 3 is 2.09 bits per heavy atom. The normalized spacial score (nSPS) is 12.0. The van der Waals surface area contributed by atoms with Crippen LogP contribution in [0.15, 0.2) is 34.4 Å². The van der Waals surface area contributed by atoms with Gasteiger partial charge in [0.15, 0.2) is 11.6 Å². The highest BCUT2D eigenvalue weighted by molar-refractivity contribution is 6.30. The Morgan fingerprint density at radius 2 is 1.65 bits per heavy atom. The maximum absolute atomic E-state index is 12.1. The van der Waals surface area contributed by atoms with E-state index in [1.165, 1.54) is 20.8 Å². The van der Waals surface area contributed by atoms with E-state index in [0.717, 1.165) is 0 Å². The molecule has 0 bridgehead atoms. The minimum absolute atomic E-state index is 0.0607. The molecule has 0 radical (unpaired) electrons. The fourth-order valence-corrected chi connectivity index (χ4v) is 2.74. The molecule has 4 nitrogen and oxygen atoms in total. The second kappa shape index (κ2) is 6.42. The number of benzene rings is 1. The Bertz CT molecular complexity index is 806. The van der Waals surface area contributed by atoms with Crippen molar-refractivity contribution in [3.63, 3.8) is 0 Å². The maximum atomic E-state index is 12.1. The first kappa shape index (κ1) is 17.0. The molecule has 1 heterocycles. The van der Waals surface area contributed by atoms with E-state index in [-0.39, 0.29) is 28.7 Å². The lowest BCUT2D eigenvalue weighted by Crippen LogP contribution is -2.01. The van der Waals surface area contributed by atoms with Crippen LogP contribution in [0.1, 0.15) is 42.6 Å². The SMILES string of the molecule is CC(=O)/C(=C(\C)O)c1oc(C)c(C(C)=O)c1-c1ccc(Cl)cc1. The molecule has 0 saturated carbocycles. The van der Waals surface area contributed by atoms with E-state index in [1.807, 2.05) is 0 Å². The average molecular weight is 333 g/mol. The summed E-state index contributed by atoms with van der Waals surface area (Å²) >= 11 is 5.92. The summed E-state index contributed by atoms with van der Waals surface area (Å²) in [7, 11) is 0. The summed E-state index contributed by atoms with van der Waals surface area (Å²) in [6.45, 7) is 5.84. The van der Waals surface area contributed by atoms with Gasteiger partial charge in [-0.25, -0.2) is 0 Å². The molecule has 0 aliphatic rings. The van der Waals surface area contributed by atoms with Crippen LogP contribution in [-0.4, -0.2) is 16.7 Å². The standard InChI is InChI=1S/C18H17ClO4/c1-9(20)15(10(2)21)18-17(13-5-7-14(19)8-6-13)16(11(3)22)12(4)23-18/h5-8,20H,1-4H3/b15-9-. The Morgan fingerprint density at radius 1 is 1.09 bits per heavy atom. The smallest absolute Gasteiger partial charge is 0.166 e. The van der Waals surface area contributed by atoms with E-state index in [0.29, 0.717) is 27.5 Å². The van der Waals surface area contributed by atoms with Crippen LogP contribution in [0.2, 0.25) is 5.02 Å². The lowest BCUT2D eigenvalue weighted by atomic mass is 9.94. The van der Waals surface area contributed by atoms with Crippen LogP contribution in [0, 0.1) is 6.92 Å². The molecule has 0 atom stereocenters. The largest absolute Gasteiger partial charge is 0.512 e. The number of Topliss-reactive ketones (excluding diaryl/α,β-unsaturated/α-hetero) is 2. The average Bonchev–Trinajstić information content (AvgIpc) is 2.76. The van der Waals surface area contributed by atoms with E-state index in [9.17, 15) is 14.7 Å². The van der Waals surface area contributed by atoms with Crippen molar-refractivity contribution >= 4 is 28.7 Å². The molecule has 0 spiro atoms. The molecule has 0 amide bonds. The number of hydrogen-bond acceptors (Lipinski definition) is 4. The second-order valence-electron chi connectivity index (χ2n) is 5.32. The van der Waals surface area contributed by atoms with Crippen molar-refractivity contribution in [2.75, 3.05) is 0 Å². The summed E-state index contributed by atoms with van der Waals surface area (Å²) in [6, 6.07) is 6.87. The molecule has 1 N–H and O–H groups in total. The summed E-state index contributed by atoms with van der Waals surface area (Å²) in [6.07, 6.45) is 0. The first-order valence-corrected chi connectivity index (χ1v) is 7.43. The highest BCUT2D eigenvalue weighted by Gasteiger charge is 2.27. The number of allylic oxidation sites excluding steroid dienone is 2. The molecule has 0 aliphatic carbocycles.